The molecule has 0 spiro atoms. The first-order valence-electron chi connectivity index (χ1n) is 8.19. The zero-order chi connectivity index (χ0) is 17.5. The van der Waals surface area contributed by atoms with Crippen molar-refractivity contribution < 1.29 is 9.53 Å². The minimum absolute atomic E-state index is 0.271. The van der Waals surface area contributed by atoms with E-state index in [1.165, 1.54) is 0 Å². The Balaban J connectivity index is 1.48. The van der Waals surface area contributed by atoms with Crippen molar-refractivity contribution in [3.63, 3.8) is 0 Å². The van der Waals surface area contributed by atoms with Crippen LogP contribution in [0.5, 0.6) is 0 Å². The predicted molar refractivity (Wildman–Crippen MR) is 100 cm³/mol. The van der Waals surface area contributed by atoms with Crippen molar-refractivity contribution in [3.05, 3.63) is 83.6 Å². The molecular formula is C21H20N2O2. The van der Waals surface area contributed by atoms with E-state index < -0.39 is 6.09 Å². The highest BCUT2D eigenvalue weighted by atomic mass is 16.5. The molecule has 0 saturated carbocycles. The Bertz CT molecular complexity index is 889. The normalized spacial score (nSPS) is 10.9. The van der Waals surface area contributed by atoms with E-state index in [1.807, 2.05) is 67.6 Å². The molecule has 0 fully saturated rings. The highest BCUT2D eigenvalue weighted by Crippen LogP contribution is 2.15. The number of benzene rings is 2. The lowest BCUT2D eigenvalue weighted by Gasteiger charge is -2.05. The van der Waals surface area contributed by atoms with Gasteiger partial charge < -0.3 is 10.1 Å². The second kappa shape index (κ2) is 8.11. The van der Waals surface area contributed by atoms with Crippen LogP contribution in [-0.2, 0) is 11.3 Å². The van der Waals surface area contributed by atoms with E-state index in [0.717, 1.165) is 27.7 Å². The fourth-order valence-corrected chi connectivity index (χ4v) is 2.46. The summed E-state index contributed by atoms with van der Waals surface area (Å²) in [5.74, 6) is 0. The summed E-state index contributed by atoms with van der Waals surface area (Å²) in [6.45, 7) is 2.67. The SMILES string of the molecule is Cc1ccc2cc(C=CCNC(=O)OCc3ccccc3)ccc2n1. The van der Waals surface area contributed by atoms with E-state index in [9.17, 15) is 4.79 Å². The summed E-state index contributed by atoms with van der Waals surface area (Å²) in [6.07, 6.45) is 3.44. The standard InChI is InChI=1S/C21H20N2O2/c1-16-9-11-19-14-17(10-12-20(19)23-16)8-5-13-22-21(24)25-15-18-6-3-2-4-7-18/h2-12,14H,13,15H2,1H3,(H,22,24). The second-order valence-electron chi connectivity index (χ2n) is 5.75. The predicted octanol–water partition coefficient (Wildman–Crippen LogP) is 4.48. The van der Waals surface area contributed by atoms with Gasteiger partial charge in [0.15, 0.2) is 0 Å². The number of alkyl carbamates (subject to hydrolysis) is 1. The number of carbonyl (C=O) groups excluding carboxylic acids is 1. The molecule has 0 aliphatic heterocycles. The Morgan fingerprint density at radius 1 is 1.12 bits per heavy atom. The number of ether oxygens (including phenoxy) is 1. The van der Waals surface area contributed by atoms with Crippen molar-refractivity contribution in [1.82, 2.24) is 10.3 Å². The van der Waals surface area contributed by atoms with Crippen LogP contribution in [0.15, 0.2) is 66.7 Å². The molecule has 25 heavy (non-hydrogen) atoms. The minimum Gasteiger partial charge on any atom is -0.445 e. The van der Waals surface area contributed by atoms with Crippen molar-refractivity contribution in [2.45, 2.75) is 13.5 Å². The van der Waals surface area contributed by atoms with Gasteiger partial charge in [0, 0.05) is 17.6 Å². The molecule has 1 heterocycles. The Morgan fingerprint density at radius 2 is 1.96 bits per heavy atom. The summed E-state index contributed by atoms with van der Waals surface area (Å²) in [6, 6.07) is 19.8. The summed E-state index contributed by atoms with van der Waals surface area (Å²) in [7, 11) is 0. The first-order valence-corrected chi connectivity index (χ1v) is 8.19. The quantitative estimate of drug-likeness (QED) is 0.749. The fourth-order valence-electron chi connectivity index (χ4n) is 2.46. The van der Waals surface area contributed by atoms with E-state index in [4.69, 9.17) is 4.74 Å². The van der Waals surface area contributed by atoms with Gasteiger partial charge in [0.1, 0.15) is 6.61 Å². The van der Waals surface area contributed by atoms with Crippen molar-refractivity contribution in [1.29, 1.82) is 0 Å². The van der Waals surface area contributed by atoms with Gasteiger partial charge in [0.05, 0.1) is 5.52 Å². The Hall–Kier alpha value is -3.14. The number of nitrogens with zero attached hydrogens (tertiary/aromatic N) is 1. The average Bonchev–Trinajstić information content (AvgIpc) is 2.64. The van der Waals surface area contributed by atoms with Gasteiger partial charge in [-0.25, -0.2) is 4.79 Å². The van der Waals surface area contributed by atoms with Crippen LogP contribution in [0, 0.1) is 6.92 Å². The number of nitrogens with one attached hydrogen (secondary N) is 1. The molecule has 2 aromatic carbocycles. The molecule has 0 bridgehead atoms. The van der Waals surface area contributed by atoms with Crippen LogP contribution >= 0.6 is 0 Å². The maximum Gasteiger partial charge on any atom is 0.407 e. The summed E-state index contributed by atoms with van der Waals surface area (Å²) in [4.78, 5) is 16.1. The summed E-state index contributed by atoms with van der Waals surface area (Å²) >= 11 is 0. The molecule has 0 saturated heterocycles. The van der Waals surface area contributed by atoms with E-state index >= 15 is 0 Å². The number of amides is 1. The maximum atomic E-state index is 11.7. The van der Waals surface area contributed by atoms with E-state index in [-0.39, 0.29) is 6.61 Å². The molecule has 4 heteroatoms. The maximum absolute atomic E-state index is 11.7. The molecule has 0 atom stereocenters. The molecule has 0 radical (unpaired) electrons. The lowest BCUT2D eigenvalue weighted by Crippen LogP contribution is -2.24. The van der Waals surface area contributed by atoms with Crippen LogP contribution in [0.2, 0.25) is 0 Å². The number of hydrogen-bond donors (Lipinski definition) is 1. The molecule has 0 aliphatic carbocycles. The monoisotopic (exact) mass is 332 g/mol. The zero-order valence-corrected chi connectivity index (χ0v) is 14.1. The molecular weight excluding hydrogens is 312 g/mol. The number of carbonyl (C=O) groups is 1. The number of rotatable bonds is 5. The Labute approximate surface area is 147 Å². The van der Waals surface area contributed by atoms with Gasteiger partial charge in [-0.3, -0.25) is 4.98 Å². The van der Waals surface area contributed by atoms with Crippen LogP contribution in [0.1, 0.15) is 16.8 Å². The molecule has 0 aliphatic rings. The summed E-state index contributed by atoms with van der Waals surface area (Å²) in [5.41, 5.74) is 4.03. The third-order valence-corrected chi connectivity index (χ3v) is 3.74. The van der Waals surface area contributed by atoms with Crippen molar-refractivity contribution >= 4 is 23.1 Å². The van der Waals surface area contributed by atoms with Gasteiger partial charge in [0.25, 0.3) is 0 Å². The molecule has 3 rings (SSSR count). The molecule has 4 nitrogen and oxygen atoms in total. The topological polar surface area (TPSA) is 51.2 Å². The molecule has 1 N–H and O–H groups in total. The smallest absolute Gasteiger partial charge is 0.407 e. The lowest BCUT2D eigenvalue weighted by molar-refractivity contribution is 0.141. The Kier molecular flexibility index (Phi) is 5.42. The Morgan fingerprint density at radius 3 is 2.80 bits per heavy atom. The lowest BCUT2D eigenvalue weighted by atomic mass is 10.1. The number of fused-ring (bicyclic) bond motifs is 1. The van der Waals surface area contributed by atoms with Gasteiger partial charge in [0.2, 0.25) is 0 Å². The van der Waals surface area contributed by atoms with Crippen LogP contribution in [0.3, 0.4) is 0 Å². The van der Waals surface area contributed by atoms with Crippen LogP contribution < -0.4 is 5.32 Å². The number of aryl methyl sites for hydroxylation is 1. The largest absolute Gasteiger partial charge is 0.445 e. The molecule has 1 aromatic heterocycles. The van der Waals surface area contributed by atoms with Crippen LogP contribution in [0.25, 0.3) is 17.0 Å². The summed E-state index contributed by atoms with van der Waals surface area (Å²) < 4.78 is 5.16. The van der Waals surface area contributed by atoms with Crippen LogP contribution in [-0.4, -0.2) is 17.6 Å². The van der Waals surface area contributed by atoms with Gasteiger partial charge in [-0.15, -0.1) is 0 Å². The number of pyridine rings is 1. The van der Waals surface area contributed by atoms with Gasteiger partial charge in [-0.1, -0.05) is 54.6 Å². The summed E-state index contributed by atoms with van der Waals surface area (Å²) in [5, 5.41) is 3.81. The van der Waals surface area contributed by atoms with E-state index in [2.05, 4.69) is 22.4 Å². The highest BCUT2D eigenvalue weighted by Gasteiger charge is 2.00. The van der Waals surface area contributed by atoms with Crippen molar-refractivity contribution in [2.75, 3.05) is 6.54 Å². The van der Waals surface area contributed by atoms with Crippen molar-refractivity contribution in [2.24, 2.45) is 0 Å². The third kappa shape index (κ3) is 4.91. The first-order chi connectivity index (χ1) is 12.2. The van der Waals surface area contributed by atoms with Crippen molar-refractivity contribution in [3.8, 4) is 0 Å². The number of aromatic nitrogens is 1. The highest BCUT2D eigenvalue weighted by molar-refractivity contribution is 5.81. The van der Waals surface area contributed by atoms with E-state index in [1.54, 1.807) is 0 Å². The first kappa shape index (κ1) is 16.7. The van der Waals surface area contributed by atoms with Gasteiger partial charge in [-0.2, -0.15) is 0 Å². The average molecular weight is 332 g/mol. The minimum atomic E-state index is -0.424. The van der Waals surface area contributed by atoms with Gasteiger partial charge >= 0.3 is 6.09 Å². The zero-order valence-electron chi connectivity index (χ0n) is 14.1. The van der Waals surface area contributed by atoms with Gasteiger partial charge in [-0.05, 0) is 36.2 Å². The van der Waals surface area contributed by atoms with Crippen LogP contribution in [0.4, 0.5) is 4.79 Å². The third-order valence-electron chi connectivity index (χ3n) is 3.74. The number of hydrogen-bond acceptors (Lipinski definition) is 3. The molecule has 3 aromatic rings. The fraction of sp³-hybridized carbons (Fsp3) is 0.143. The molecule has 0 unspecified atom stereocenters. The second-order valence-corrected chi connectivity index (χ2v) is 5.75. The molecule has 126 valence electrons. The van der Waals surface area contributed by atoms with E-state index in [0.29, 0.717) is 6.54 Å². The molecule has 1 amide bonds.